The van der Waals surface area contributed by atoms with E-state index in [2.05, 4.69) is 30.8 Å². The van der Waals surface area contributed by atoms with Crippen molar-refractivity contribution >= 4 is 61.4 Å². The third-order valence-corrected chi connectivity index (χ3v) is 7.69. The minimum absolute atomic E-state index is 0.138. The van der Waals surface area contributed by atoms with Crippen LogP contribution >= 0.6 is 22.7 Å². The van der Waals surface area contributed by atoms with Crippen LogP contribution in [-0.2, 0) is 24.1 Å². The number of fused-ring (bicyclic) bond motifs is 4. The Morgan fingerprint density at radius 2 is 2.24 bits per heavy atom. The minimum Gasteiger partial charge on any atom is -0.446 e. The maximum atomic E-state index is 12.3. The average Bonchev–Trinajstić information content (AvgIpc) is 3.56. The number of aryl methyl sites for hydroxylation is 1. The molecule has 5 aromatic rings. The molecule has 1 atom stereocenters. The maximum absolute atomic E-state index is 12.3. The fourth-order valence-corrected chi connectivity index (χ4v) is 6.11. The normalized spacial score (nSPS) is 15.5. The van der Waals surface area contributed by atoms with Crippen molar-refractivity contribution in [1.29, 1.82) is 0 Å². The summed E-state index contributed by atoms with van der Waals surface area (Å²) >= 11 is 3.27. The predicted molar refractivity (Wildman–Crippen MR) is 130 cm³/mol. The van der Waals surface area contributed by atoms with Crippen LogP contribution in [0.5, 0.6) is 0 Å². The largest absolute Gasteiger partial charge is 0.446 e. The smallest absolute Gasteiger partial charge is 0.407 e. The highest BCUT2D eigenvalue weighted by Crippen LogP contribution is 2.39. The fourth-order valence-electron chi connectivity index (χ4n) is 4.19. The molecule has 1 amide bonds. The van der Waals surface area contributed by atoms with E-state index in [-0.39, 0.29) is 12.2 Å². The van der Waals surface area contributed by atoms with E-state index in [9.17, 15) is 4.79 Å². The molecule has 1 aliphatic rings. The van der Waals surface area contributed by atoms with E-state index in [1.165, 1.54) is 10.4 Å². The van der Waals surface area contributed by atoms with E-state index in [1.54, 1.807) is 35.2 Å². The summed E-state index contributed by atoms with van der Waals surface area (Å²) in [6.07, 6.45) is 5.19. The number of hydrogen-bond donors (Lipinski definition) is 3. The lowest BCUT2D eigenvalue weighted by Gasteiger charge is -2.22. The van der Waals surface area contributed by atoms with Gasteiger partial charge >= 0.3 is 6.09 Å². The summed E-state index contributed by atoms with van der Waals surface area (Å²) in [5.41, 5.74) is 4.27. The van der Waals surface area contributed by atoms with Gasteiger partial charge in [-0.05, 0) is 59.0 Å². The van der Waals surface area contributed by atoms with Crippen molar-refractivity contribution in [2.75, 3.05) is 5.32 Å². The van der Waals surface area contributed by atoms with Crippen LogP contribution in [0.1, 0.15) is 22.4 Å². The summed E-state index contributed by atoms with van der Waals surface area (Å²) in [5, 5.41) is 19.5. The molecule has 1 unspecified atom stereocenters. The van der Waals surface area contributed by atoms with Gasteiger partial charge in [0.2, 0.25) is 0 Å². The molecule has 10 heteroatoms. The summed E-state index contributed by atoms with van der Waals surface area (Å²) in [6.45, 7) is 0.485. The molecule has 4 aromatic heterocycles. The number of amides is 1. The van der Waals surface area contributed by atoms with Gasteiger partial charge in [0.1, 0.15) is 23.1 Å². The number of benzene rings is 1. The standard InChI is InChI=1S/C23H20N6O2S2/c30-23(24-9-13-5-6-32-11-13)31-16-2-3-17-19(8-16)33-22-20(17)21(25-12-26-22)28-15-1-4-18-14(7-15)10-27-29-18/h1,4-7,10-12,16H,2-3,8-9H2,(H,24,30)(H,27,29)(H,25,26,28). The Bertz CT molecular complexity index is 1440. The van der Waals surface area contributed by atoms with Gasteiger partial charge in [-0.25, -0.2) is 14.8 Å². The Labute approximate surface area is 197 Å². The molecule has 0 aliphatic heterocycles. The topological polar surface area (TPSA) is 105 Å². The highest BCUT2D eigenvalue weighted by atomic mass is 32.1. The number of anilines is 2. The number of rotatable bonds is 5. The zero-order chi connectivity index (χ0) is 22.2. The van der Waals surface area contributed by atoms with Crippen LogP contribution in [0.25, 0.3) is 21.1 Å². The first kappa shape index (κ1) is 20.1. The quantitative estimate of drug-likeness (QED) is 0.324. The molecule has 0 spiro atoms. The van der Waals surface area contributed by atoms with Gasteiger partial charge in [-0.15, -0.1) is 11.3 Å². The molecule has 0 radical (unpaired) electrons. The van der Waals surface area contributed by atoms with Crippen molar-refractivity contribution in [3.8, 4) is 0 Å². The Morgan fingerprint density at radius 3 is 3.15 bits per heavy atom. The Hall–Kier alpha value is -3.50. The maximum Gasteiger partial charge on any atom is 0.407 e. The summed E-state index contributed by atoms with van der Waals surface area (Å²) in [7, 11) is 0. The second-order valence-electron chi connectivity index (χ2n) is 7.96. The van der Waals surface area contributed by atoms with Crippen LogP contribution in [0, 0.1) is 0 Å². The first-order valence-corrected chi connectivity index (χ1v) is 12.4. The van der Waals surface area contributed by atoms with E-state index < -0.39 is 0 Å². The number of ether oxygens (including phenoxy) is 1. The molecule has 8 nitrogen and oxygen atoms in total. The molecular weight excluding hydrogens is 456 g/mol. The lowest BCUT2D eigenvalue weighted by atomic mass is 9.94. The number of thiophene rings is 2. The number of nitrogens with zero attached hydrogens (tertiary/aromatic N) is 3. The molecule has 0 saturated heterocycles. The van der Waals surface area contributed by atoms with E-state index >= 15 is 0 Å². The van der Waals surface area contributed by atoms with Gasteiger partial charge in [0.15, 0.2) is 0 Å². The minimum atomic E-state index is -0.368. The first-order valence-electron chi connectivity index (χ1n) is 10.6. The second kappa shape index (κ2) is 8.45. The summed E-state index contributed by atoms with van der Waals surface area (Å²) in [5.74, 6) is 0.799. The fraction of sp³-hybridized carbons (Fsp3) is 0.217. The molecule has 4 heterocycles. The molecule has 1 aromatic carbocycles. The third-order valence-electron chi connectivity index (χ3n) is 5.79. The SMILES string of the molecule is O=C(NCc1ccsc1)OC1CCc2c(sc3ncnc(Nc4ccc5[nH]ncc5c4)c23)C1. The molecule has 0 saturated carbocycles. The predicted octanol–water partition coefficient (Wildman–Crippen LogP) is 5.16. The molecule has 6 rings (SSSR count). The van der Waals surface area contributed by atoms with Gasteiger partial charge in [0, 0.05) is 28.9 Å². The van der Waals surface area contributed by atoms with E-state index in [0.29, 0.717) is 13.0 Å². The van der Waals surface area contributed by atoms with Gasteiger partial charge in [0.25, 0.3) is 0 Å². The van der Waals surface area contributed by atoms with Crippen molar-refractivity contribution in [1.82, 2.24) is 25.5 Å². The highest BCUT2D eigenvalue weighted by Gasteiger charge is 2.27. The third kappa shape index (κ3) is 4.03. The number of aromatic amines is 1. The van der Waals surface area contributed by atoms with E-state index in [1.807, 2.05) is 35.0 Å². The molecule has 0 fully saturated rings. The molecule has 3 N–H and O–H groups in total. The monoisotopic (exact) mass is 476 g/mol. The number of aromatic nitrogens is 4. The van der Waals surface area contributed by atoms with Crippen molar-refractivity contribution in [3.63, 3.8) is 0 Å². The van der Waals surface area contributed by atoms with Gasteiger partial charge in [-0.1, -0.05) is 0 Å². The van der Waals surface area contributed by atoms with Gasteiger partial charge < -0.3 is 15.4 Å². The summed E-state index contributed by atoms with van der Waals surface area (Å²) in [6, 6.07) is 8.04. The second-order valence-corrected chi connectivity index (χ2v) is 9.82. The first-order chi connectivity index (χ1) is 16.2. The summed E-state index contributed by atoms with van der Waals surface area (Å²) in [4.78, 5) is 23.5. The van der Waals surface area contributed by atoms with Crippen molar-refractivity contribution < 1.29 is 9.53 Å². The number of hydrogen-bond acceptors (Lipinski definition) is 8. The zero-order valence-corrected chi connectivity index (χ0v) is 19.1. The average molecular weight is 477 g/mol. The van der Waals surface area contributed by atoms with Crippen molar-refractivity contribution in [2.24, 2.45) is 0 Å². The lowest BCUT2D eigenvalue weighted by Crippen LogP contribution is -2.31. The summed E-state index contributed by atoms with van der Waals surface area (Å²) < 4.78 is 5.70. The molecule has 0 bridgehead atoms. The van der Waals surface area contributed by atoms with Gasteiger partial charge in [0.05, 0.1) is 17.1 Å². The number of H-pyrrole nitrogens is 1. The zero-order valence-electron chi connectivity index (χ0n) is 17.5. The van der Waals surface area contributed by atoms with Crippen LogP contribution < -0.4 is 10.6 Å². The lowest BCUT2D eigenvalue weighted by molar-refractivity contribution is 0.0899. The van der Waals surface area contributed by atoms with Crippen LogP contribution in [0.3, 0.4) is 0 Å². The van der Waals surface area contributed by atoms with Crippen LogP contribution in [0.2, 0.25) is 0 Å². The Balaban J connectivity index is 1.19. The molecule has 166 valence electrons. The van der Waals surface area contributed by atoms with Crippen LogP contribution in [0.15, 0.2) is 47.5 Å². The molecular formula is C23H20N6O2S2. The highest BCUT2D eigenvalue weighted by molar-refractivity contribution is 7.19. The van der Waals surface area contributed by atoms with Crippen molar-refractivity contribution in [3.05, 3.63) is 63.6 Å². The molecule has 1 aliphatic carbocycles. The van der Waals surface area contributed by atoms with E-state index in [4.69, 9.17) is 4.74 Å². The number of nitrogens with one attached hydrogen (secondary N) is 3. The number of alkyl carbamates (subject to hydrolysis) is 1. The van der Waals surface area contributed by atoms with Gasteiger partial charge in [-0.3, -0.25) is 5.10 Å². The van der Waals surface area contributed by atoms with Gasteiger partial charge in [-0.2, -0.15) is 16.4 Å². The van der Waals surface area contributed by atoms with E-state index in [0.717, 1.165) is 51.0 Å². The van der Waals surface area contributed by atoms with Crippen LogP contribution in [-0.4, -0.2) is 32.4 Å². The van der Waals surface area contributed by atoms with Crippen molar-refractivity contribution in [2.45, 2.75) is 31.9 Å². The number of carbonyl (C=O) groups excluding carboxylic acids is 1. The van der Waals surface area contributed by atoms with Crippen LogP contribution in [0.4, 0.5) is 16.3 Å². The molecule has 33 heavy (non-hydrogen) atoms. The Kier molecular flexibility index (Phi) is 5.16. The Morgan fingerprint density at radius 1 is 1.27 bits per heavy atom. The number of carbonyl (C=O) groups is 1.